The van der Waals surface area contributed by atoms with Gasteiger partial charge < -0.3 is 4.74 Å². The fourth-order valence-corrected chi connectivity index (χ4v) is 5.00. The molecule has 0 radical (unpaired) electrons. The zero-order chi connectivity index (χ0) is 28.1. The van der Waals surface area contributed by atoms with Gasteiger partial charge in [-0.2, -0.15) is 0 Å². The Hall–Kier alpha value is -2.27. The highest BCUT2D eigenvalue weighted by Gasteiger charge is 2.36. The number of hydrogen-bond donors (Lipinski definition) is 2. The smallest absolute Gasteiger partial charge is 0.247 e. The summed E-state index contributed by atoms with van der Waals surface area (Å²) in [5.41, 5.74) is 6.11. The van der Waals surface area contributed by atoms with Crippen LogP contribution < -0.4 is 10.9 Å². The molecule has 1 aromatic rings. The molecule has 1 saturated heterocycles. The van der Waals surface area contributed by atoms with Crippen molar-refractivity contribution in [2.24, 2.45) is 23.7 Å². The minimum atomic E-state index is -3.71. The number of carbonyl (C=O) groups excluding carboxylic acids is 2. The molecule has 38 heavy (non-hydrogen) atoms. The highest BCUT2D eigenvalue weighted by molar-refractivity contribution is 7.88. The van der Waals surface area contributed by atoms with E-state index >= 15 is 0 Å². The van der Waals surface area contributed by atoms with Crippen molar-refractivity contribution in [1.29, 1.82) is 0 Å². The summed E-state index contributed by atoms with van der Waals surface area (Å²) in [5, 5.41) is 0. The molecule has 9 nitrogen and oxygen atoms in total. The molecule has 1 unspecified atom stereocenters. The highest BCUT2D eigenvalue weighted by atomic mass is 32.2. The van der Waals surface area contributed by atoms with E-state index < -0.39 is 40.0 Å². The Kier molecular flexibility index (Phi) is 13.4. The van der Waals surface area contributed by atoms with Gasteiger partial charge in [0.05, 0.1) is 18.1 Å². The number of rotatable bonds is 15. The van der Waals surface area contributed by atoms with Gasteiger partial charge in [0.1, 0.15) is 0 Å². The number of hydrazine groups is 1. The van der Waals surface area contributed by atoms with E-state index in [9.17, 15) is 18.0 Å². The van der Waals surface area contributed by atoms with Crippen molar-refractivity contribution >= 4 is 27.9 Å². The molecular weight excluding hydrogens is 506 g/mol. The molecule has 0 saturated carbocycles. The molecule has 1 aliphatic rings. The quantitative estimate of drug-likeness (QED) is 0.315. The Balaban J connectivity index is 2.29. The van der Waals surface area contributed by atoms with Gasteiger partial charge in [0.25, 0.3) is 0 Å². The first kappa shape index (κ1) is 31.9. The average molecular weight is 552 g/mol. The predicted molar refractivity (Wildman–Crippen MR) is 148 cm³/mol. The van der Waals surface area contributed by atoms with Crippen LogP contribution in [0.2, 0.25) is 0 Å². The maximum absolute atomic E-state index is 13.6. The molecule has 4 atom stereocenters. The van der Waals surface area contributed by atoms with Crippen LogP contribution in [-0.4, -0.2) is 50.3 Å². The summed E-state index contributed by atoms with van der Waals surface area (Å²) in [6.45, 7) is 8.54. The molecule has 0 bridgehead atoms. The second-order valence-electron chi connectivity index (χ2n) is 10.6. The normalized spacial score (nSPS) is 18.9. The van der Waals surface area contributed by atoms with Crippen LogP contribution in [0, 0.1) is 23.7 Å². The Morgan fingerprint density at radius 1 is 1.13 bits per heavy atom. The summed E-state index contributed by atoms with van der Waals surface area (Å²) >= 11 is 0. The SMILES string of the molecule is CC[C@H](C)CN(NC(=O)[C@H](CC(C)C)[C@H](CC=Cc1ccccc1)C(=O)NOC1CCCCO1)S(C)(=O)=O. The Morgan fingerprint density at radius 2 is 1.84 bits per heavy atom. The van der Waals surface area contributed by atoms with Crippen LogP contribution in [0.1, 0.15) is 71.8 Å². The van der Waals surface area contributed by atoms with Crippen LogP contribution in [-0.2, 0) is 29.2 Å². The number of benzene rings is 1. The first-order valence-corrected chi connectivity index (χ1v) is 15.4. The Bertz CT molecular complexity index is 993. The third-order valence-corrected chi connectivity index (χ3v) is 7.66. The summed E-state index contributed by atoms with van der Waals surface area (Å²) in [6.07, 6.45) is 8.30. The van der Waals surface area contributed by atoms with Gasteiger partial charge in [-0.1, -0.05) is 76.6 Å². The molecule has 0 aromatic heterocycles. The van der Waals surface area contributed by atoms with Crippen molar-refractivity contribution in [1.82, 2.24) is 15.3 Å². The van der Waals surface area contributed by atoms with E-state index in [1.807, 2.05) is 70.2 Å². The van der Waals surface area contributed by atoms with Crippen molar-refractivity contribution in [2.75, 3.05) is 19.4 Å². The summed E-state index contributed by atoms with van der Waals surface area (Å²) in [4.78, 5) is 32.6. The second-order valence-corrected chi connectivity index (χ2v) is 12.5. The van der Waals surface area contributed by atoms with Gasteiger partial charge in [-0.15, -0.1) is 4.41 Å². The number of hydroxylamine groups is 1. The van der Waals surface area contributed by atoms with Crippen molar-refractivity contribution in [2.45, 2.75) is 72.5 Å². The number of carbonyl (C=O) groups is 2. The molecule has 1 fully saturated rings. The minimum absolute atomic E-state index is 0.0466. The third kappa shape index (κ3) is 11.2. The van der Waals surface area contributed by atoms with E-state index in [1.54, 1.807) is 0 Å². The zero-order valence-corrected chi connectivity index (χ0v) is 24.2. The molecule has 1 aliphatic heterocycles. The van der Waals surface area contributed by atoms with Crippen LogP contribution in [0.4, 0.5) is 0 Å². The first-order chi connectivity index (χ1) is 18.0. The molecule has 2 amide bonds. The summed E-state index contributed by atoms with van der Waals surface area (Å²) in [5.74, 6) is -2.38. The summed E-state index contributed by atoms with van der Waals surface area (Å²) < 4.78 is 31.5. The lowest BCUT2D eigenvalue weighted by Crippen LogP contribution is -2.52. The van der Waals surface area contributed by atoms with Crippen LogP contribution in [0.25, 0.3) is 6.08 Å². The lowest BCUT2D eigenvalue weighted by Gasteiger charge is -2.30. The van der Waals surface area contributed by atoms with Gasteiger partial charge in [0, 0.05) is 19.6 Å². The van der Waals surface area contributed by atoms with Gasteiger partial charge >= 0.3 is 0 Å². The van der Waals surface area contributed by atoms with Crippen molar-refractivity contribution in [3.63, 3.8) is 0 Å². The monoisotopic (exact) mass is 551 g/mol. The van der Waals surface area contributed by atoms with Gasteiger partial charge in [0.15, 0.2) is 6.29 Å². The van der Waals surface area contributed by atoms with E-state index in [2.05, 4.69) is 10.9 Å². The van der Waals surface area contributed by atoms with E-state index in [1.165, 1.54) is 0 Å². The number of allylic oxidation sites excluding steroid dienone is 1. The number of ether oxygens (including phenoxy) is 1. The van der Waals surface area contributed by atoms with Crippen LogP contribution in [0.15, 0.2) is 36.4 Å². The molecule has 0 aliphatic carbocycles. The molecule has 2 N–H and O–H groups in total. The topological polar surface area (TPSA) is 114 Å². The number of nitrogens with one attached hydrogen (secondary N) is 2. The lowest BCUT2D eigenvalue weighted by molar-refractivity contribution is -0.203. The largest absolute Gasteiger partial charge is 0.350 e. The average Bonchev–Trinajstić information content (AvgIpc) is 2.88. The van der Waals surface area contributed by atoms with E-state index in [0.717, 1.165) is 35.5 Å². The van der Waals surface area contributed by atoms with Crippen LogP contribution >= 0.6 is 0 Å². The van der Waals surface area contributed by atoms with Gasteiger partial charge in [0.2, 0.25) is 21.8 Å². The number of amides is 2. The second kappa shape index (κ2) is 16.0. The molecule has 0 spiro atoms. The van der Waals surface area contributed by atoms with Crippen LogP contribution in [0.3, 0.4) is 0 Å². The molecule has 214 valence electrons. The Morgan fingerprint density at radius 3 is 2.42 bits per heavy atom. The highest BCUT2D eigenvalue weighted by Crippen LogP contribution is 2.26. The summed E-state index contributed by atoms with van der Waals surface area (Å²) in [7, 11) is -3.71. The number of sulfonamides is 1. The van der Waals surface area contributed by atoms with Crippen molar-refractivity contribution < 1.29 is 27.6 Å². The number of hydrogen-bond acceptors (Lipinski definition) is 6. The molecule has 1 heterocycles. The fourth-order valence-electron chi connectivity index (χ4n) is 4.22. The maximum atomic E-state index is 13.6. The predicted octanol–water partition coefficient (Wildman–Crippen LogP) is 4.28. The molecule has 2 rings (SSSR count). The maximum Gasteiger partial charge on any atom is 0.247 e. The van der Waals surface area contributed by atoms with Gasteiger partial charge in [-0.05, 0) is 43.1 Å². The Labute approximate surface area is 228 Å². The zero-order valence-electron chi connectivity index (χ0n) is 23.4. The molecular formula is C28H45N3O6S. The summed E-state index contributed by atoms with van der Waals surface area (Å²) in [6, 6.07) is 9.68. The lowest BCUT2D eigenvalue weighted by atomic mass is 9.82. The standard InChI is InChI=1S/C28H45N3O6S/c1-6-22(4)20-31(38(5,34)35)29-27(32)25(19-21(2)3)24(16-12-15-23-13-8-7-9-14-23)28(33)30-37-26-17-10-11-18-36-26/h7-9,12-15,21-22,24-26H,6,10-11,16-20H2,1-5H3,(H,29,32)(H,30,33)/t22-,24-,25+,26?/m0/s1. The number of nitrogens with zero attached hydrogens (tertiary/aromatic N) is 1. The van der Waals surface area contributed by atoms with E-state index in [0.29, 0.717) is 19.4 Å². The fraction of sp³-hybridized carbons (Fsp3) is 0.643. The van der Waals surface area contributed by atoms with Gasteiger partial charge in [-0.25, -0.2) is 18.7 Å². The van der Waals surface area contributed by atoms with Crippen molar-refractivity contribution in [3.05, 3.63) is 42.0 Å². The minimum Gasteiger partial charge on any atom is -0.350 e. The molecule has 10 heteroatoms. The van der Waals surface area contributed by atoms with Gasteiger partial charge in [-0.3, -0.25) is 15.0 Å². The van der Waals surface area contributed by atoms with E-state index in [4.69, 9.17) is 9.57 Å². The van der Waals surface area contributed by atoms with E-state index in [-0.39, 0.29) is 24.8 Å². The molecule has 1 aromatic carbocycles. The third-order valence-electron chi connectivity index (χ3n) is 6.62. The first-order valence-electron chi connectivity index (χ1n) is 13.6. The van der Waals surface area contributed by atoms with Crippen molar-refractivity contribution in [3.8, 4) is 0 Å². The van der Waals surface area contributed by atoms with Crippen LogP contribution in [0.5, 0.6) is 0 Å².